The van der Waals surface area contributed by atoms with Crippen LogP contribution < -0.4 is 0 Å². The second kappa shape index (κ2) is 7.98. The van der Waals surface area contributed by atoms with Gasteiger partial charge in [-0.2, -0.15) is 5.10 Å². The Kier molecular flexibility index (Phi) is 5.25. The summed E-state index contributed by atoms with van der Waals surface area (Å²) >= 11 is 0. The summed E-state index contributed by atoms with van der Waals surface area (Å²) in [5.41, 5.74) is 2.96. The molecule has 1 amide bonds. The van der Waals surface area contributed by atoms with Crippen LogP contribution in [0.25, 0.3) is 0 Å². The van der Waals surface area contributed by atoms with Crippen molar-refractivity contribution in [3.8, 4) is 0 Å². The molecule has 4 rings (SSSR count). The third-order valence-electron chi connectivity index (χ3n) is 4.99. The Morgan fingerprint density at radius 3 is 2.86 bits per heavy atom. The normalized spacial score (nSPS) is 14.7. The van der Waals surface area contributed by atoms with Gasteiger partial charge in [-0.05, 0) is 18.1 Å². The summed E-state index contributed by atoms with van der Waals surface area (Å²) in [7, 11) is 0. The molecule has 0 saturated heterocycles. The first kappa shape index (κ1) is 18.4. The largest absolute Gasteiger partial charge is 0.386 e. The molecule has 0 unspecified atom stereocenters. The molecule has 0 fully saturated rings. The molecule has 0 saturated carbocycles. The highest BCUT2D eigenvalue weighted by Crippen LogP contribution is 2.22. The maximum atomic E-state index is 12.7. The highest BCUT2D eigenvalue weighted by molar-refractivity contribution is 5.92. The summed E-state index contributed by atoms with van der Waals surface area (Å²) in [5.74, 6) is 0.601. The van der Waals surface area contributed by atoms with Crippen molar-refractivity contribution in [3.05, 3.63) is 70.9 Å². The SMILES string of the molecule is CCCc1cc(C(=O)N2CCn3nc([C@H](O)Cc4ccccc4)cc3C2)no1. The number of nitrogens with zero attached hydrogens (tertiary/aromatic N) is 4. The Morgan fingerprint density at radius 1 is 1.25 bits per heavy atom. The second-order valence-electron chi connectivity index (χ2n) is 7.14. The van der Waals surface area contributed by atoms with Crippen LogP contribution in [0.1, 0.15) is 52.6 Å². The Labute approximate surface area is 163 Å². The number of aryl methyl sites for hydroxylation is 1. The third-order valence-corrected chi connectivity index (χ3v) is 4.99. The molecule has 1 aliphatic rings. The number of aliphatic hydroxyl groups is 1. The van der Waals surface area contributed by atoms with Crippen molar-refractivity contribution in [2.45, 2.75) is 45.4 Å². The Balaban J connectivity index is 1.44. The fourth-order valence-corrected chi connectivity index (χ4v) is 3.51. The van der Waals surface area contributed by atoms with Crippen LogP contribution in [-0.4, -0.2) is 37.4 Å². The number of fused-ring (bicyclic) bond motifs is 1. The van der Waals surface area contributed by atoms with Gasteiger partial charge in [0.2, 0.25) is 0 Å². The van der Waals surface area contributed by atoms with Crippen molar-refractivity contribution >= 4 is 5.91 Å². The lowest BCUT2D eigenvalue weighted by Gasteiger charge is -2.26. The van der Waals surface area contributed by atoms with E-state index in [-0.39, 0.29) is 5.91 Å². The minimum atomic E-state index is -0.670. The maximum Gasteiger partial charge on any atom is 0.276 e. The van der Waals surface area contributed by atoms with Gasteiger partial charge >= 0.3 is 0 Å². The summed E-state index contributed by atoms with van der Waals surface area (Å²) in [4.78, 5) is 14.5. The van der Waals surface area contributed by atoms with E-state index in [9.17, 15) is 9.90 Å². The molecular weight excluding hydrogens is 356 g/mol. The van der Waals surface area contributed by atoms with E-state index in [1.807, 2.05) is 41.1 Å². The van der Waals surface area contributed by atoms with Gasteiger partial charge in [0.25, 0.3) is 5.91 Å². The van der Waals surface area contributed by atoms with Gasteiger partial charge in [0.1, 0.15) is 11.9 Å². The summed E-state index contributed by atoms with van der Waals surface area (Å²) in [5, 5.41) is 19.0. The molecule has 3 heterocycles. The molecule has 1 atom stereocenters. The van der Waals surface area contributed by atoms with Crippen LogP contribution >= 0.6 is 0 Å². The summed E-state index contributed by atoms with van der Waals surface area (Å²) in [6.45, 7) is 3.65. The zero-order chi connectivity index (χ0) is 19.5. The van der Waals surface area contributed by atoms with E-state index in [0.29, 0.717) is 37.4 Å². The maximum absolute atomic E-state index is 12.7. The molecule has 2 aromatic heterocycles. The Morgan fingerprint density at radius 2 is 2.07 bits per heavy atom. The fourth-order valence-electron chi connectivity index (χ4n) is 3.51. The van der Waals surface area contributed by atoms with E-state index in [4.69, 9.17) is 4.52 Å². The zero-order valence-corrected chi connectivity index (χ0v) is 15.9. The molecular formula is C21H24N4O3. The first-order valence-electron chi connectivity index (χ1n) is 9.67. The standard InChI is InChI=1S/C21H24N4O3/c1-2-6-17-13-19(23-28-17)21(27)24-9-10-25-16(14-24)12-18(22-25)20(26)11-15-7-4-3-5-8-15/h3-5,7-8,12-13,20,26H,2,6,9-11,14H2,1H3/t20-/m1/s1. The summed E-state index contributed by atoms with van der Waals surface area (Å²) in [6, 6.07) is 13.5. The minimum Gasteiger partial charge on any atom is -0.386 e. The Hall–Kier alpha value is -2.93. The molecule has 0 radical (unpaired) electrons. The van der Waals surface area contributed by atoms with Gasteiger partial charge in [-0.1, -0.05) is 42.4 Å². The van der Waals surface area contributed by atoms with Crippen LogP contribution in [0.5, 0.6) is 0 Å². The third kappa shape index (κ3) is 3.84. The molecule has 7 nitrogen and oxygen atoms in total. The van der Waals surface area contributed by atoms with Gasteiger partial charge in [0, 0.05) is 25.5 Å². The van der Waals surface area contributed by atoms with Crippen molar-refractivity contribution in [3.63, 3.8) is 0 Å². The molecule has 7 heteroatoms. The molecule has 0 bridgehead atoms. The van der Waals surface area contributed by atoms with Gasteiger partial charge < -0.3 is 14.5 Å². The number of aliphatic hydroxyl groups excluding tert-OH is 1. The van der Waals surface area contributed by atoms with Crippen molar-refractivity contribution in [2.75, 3.05) is 6.54 Å². The number of carbonyl (C=O) groups excluding carboxylic acids is 1. The van der Waals surface area contributed by atoms with Crippen LogP contribution in [0.3, 0.4) is 0 Å². The van der Waals surface area contributed by atoms with Gasteiger partial charge in [-0.25, -0.2) is 0 Å². The van der Waals surface area contributed by atoms with Crippen molar-refractivity contribution in [1.82, 2.24) is 19.8 Å². The fraction of sp³-hybridized carbons (Fsp3) is 0.381. The molecule has 1 aliphatic heterocycles. The first-order valence-corrected chi connectivity index (χ1v) is 9.67. The van der Waals surface area contributed by atoms with Gasteiger partial charge in [0.15, 0.2) is 5.69 Å². The van der Waals surface area contributed by atoms with E-state index >= 15 is 0 Å². The molecule has 28 heavy (non-hydrogen) atoms. The van der Waals surface area contributed by atoms with Crippen molar-refractivity contribution < 1.29 is 14.4 Å². The number of hydrogen-bond donors (Lipinski definition) is 1. The van der Waals surface area contributed by atoms with Crippen molar-refractivity contribution in [2.24, 2.45) is 0 Å². The molecule has 1 aromatic carbocycles. The molecule has 146 valence electrons. The lowest BCUT2D eigenvalue weighted by Crippen LogP contribution is -2.38. The molecule has 0 aliphatic carbocycles. The number of rotatable bonds is 6. The predicted octanol–water partition coefficient (Wildman–Crippen LogP) is 2.76. The van der Waals surface area contributed by atoms with Crippen LogP contribution in [0, 0.1) is 0 Å². The number of carbonyl (C=O) groups is 1. The number of aromatic nitrogens is 3. The van der Waals surface area contributed by atoms with E-state index < -0.39 is 6.10 Å². The van der Waals surface area contributed by atoms with Crippen LogP contribution in [-0.2, 0) is 25.9 Å². The summed E-state index contributed by atoms with van der Waals surface area (Å²) < 4.78 is 7.10. The molecule has 1 N–H and O–H groups in total. The monoisotopic (exact) mass is 380 g/mol. The zero-order valence-electron chi connectivity index (χ0n) is 15.9. The average Bonchev–Trinajstić information content (AvgIpc) is 3.35. The predicted molar refractivity (Wildman–Crippen MR) is 103 cm³/mol. The number of amides is 1. The van der Waals surface area contributed by atoms with Crippen LogP contribution in [0.15, 0.2) is 47.0 Å². The van der Waals surface area contributed by atoms with E-state index in [2.05, 4.69) is 17.2 Å². The number of benzene rings is 1. The van der Waals surface area contributed by atoms with E-state index in [1.165, 1.54) is 0 Å². The first-order chi connectivity index (χ1) is 13.6. The highest BCUT2D eigenvalue weighted by atomic mass is 16.5. The lowest BCUT2D eigenvalue weighted by atomic mass is 10.1. The van der Waals surface area contributed by atoms with Crippen LogP contribution in [0.4, 0.5) is 0 Å². The van der Waals surface area contributed by atoms with Gasteiger partial charge in [0.05, 0.1) is 24.5 Å². The Bertz CT molecular complexity index is 948. The quantitative estimate of drug-likeness (QED) is 0.711. The number of hydrogen-bond acceptors (Lipinski definition) is 5. The highest BCUT2D eigenvalue weighted by Gasteiger charge is 2.26. The van der Waals surface area contributed by atoms with Crippen LogP contribution in [0.2, 0.25) is 0 Å². The minimum absolute atomic E-state index is 0.134. The van der Waals surface area contributed by atoms with Gasteiger partial charge in [-0.15, -0.1) is 0 Å². The second-order valence-corrected chi connectivity index (χ2v) is 7.14. The van der Waals surface area contributed by atoms with Gasteiger partial charge in [-0.3, -0.25) is 9.48 Å². The summed E-state index contributed by atoms with van der Waals surface area (Å²) in [6.07, 6.45) is 1.56. The van der Waals surface area contributed by atoms with E-state index in [0.717, 1.165) is 29.9 Å². The molecule has 0 spiro atoms. The smallest absolute Gasteiger partial charge is 0.276 e. The average molecular weight is 380 g/mol. The molecule has 3 aromatic rings. The lowest BCUT2D eigenvalue weighted by molar-refractivity contribution is 0.0695. The van der Waals surface area contributed by atoms with Crippen molar-refractivity contribution in [1.29, 1.82) is 0 Å². The topological polar surface area (TPSA) is 84.4 Å². The van der Waals surface area contributed by atoms with E-state index in [1.54, 1.807) is 11.0 Å².